The van der Waals surface area contributed by atoms with Gasteiger partial charge in [-0.15, -0.1) is 0 Å². The molecule has 1 aliphatic rings. The van der Waals surface area contributed by atoms with E-state index < -0.39 is 0 Å². The van der Waals surface area contributed by atoms with Gasteiger partial charge in [0, 0.05) is 24.9 Å². The number of nitrogens with one attached hydrogen (secondary N) is 1. The normalized spacial score (nSPS) is 12.5. The van der Waals surface area contributed by atoms with E-state index in [1.54, 1.807) is 30.3 Å². The lowest BCUT2D eigenvalue weighted by Crippen LogP contribution is -2.26. The smallest absolute Gasteiger partial charge is 0.220 e. The fourth-order valence-electron chi connectivity index (χ4n) is 2.72. The van der Waals surface area contributed by atoms with E-state index in [1.807, 2.05) is 0 Å². The largest absolute Gasteiger partial charge is 0.486 e. The van der Waals surface area contributed by atoms with E-state index in [-0.39, 0.29) is 30.3 Å². The van der Waals surface area contributed by atoms with E-state index in [1.165, 1.54) is 12.1 Å². The van der Waals surface area contributed by atoms with Crippen molar-refractivity contribution in [1.82, 2.24) is 5.32 Å². The molecule has 136 valence electrons. The monoisotopic (exact) mass is 357 g/mol. The first-order chi connectivity index (χ1) is 12.6. The first kappa shape index (κ1) is 17.9. The molecule has 5 nitrogen and oxygen atoms in total. The molecule has 0 atom stereocenters. The molecule has 0 bridgehead atoms. The molecule has 3 rings (SSSR count). The molecule has 0 radical (unpaired) electrons. The summed E-state index contributed by atoms with van der Waals surface area (Å²) < 4.78 is 24.0. The summed E-state index contributed by atoms with van der Waals surface area (Å²) in [4.78, 5) is 24.1. The van der Waals surface area contributed by atoms with E-state index in [9.17, 15) is 14.0 Å². The fourth-order valence-corrected chi connectivity index (χ4v) is 2.72. The summed E-state index contributed by atoms with van der Waals surface area (Å²) in [6.45, 7) is 1.36. The van der Waals surface area contributed by atoms with Crippen LogP contribution in [0.15, 0.2) is 42.5 Å². The molecule has 0 unspecified atom stereocenters. The predicted molar refractivity (Wildman–Crippen MR) is 94.1 cm³/mol. The average Bonchev–Trinajstić information content (AvgIpc) is 2.66. The molecule has 6 heteroatoms. The Hall–Kier alpha value is -2.89. The van der Waals surface area contributed by atoms with Gasteiger partial charge < -0.3 is 14.8 Å². The lowest BCUT2D eigenvalue weighted by molar-refractivity contribution is -0.121. The van der Waals surface area contributed by atoms with Crippen molar-refractivity contribution < 1.29 is 23.5 Å². The molecule has 26 heavy (non-hydrogen) atoms. The minimum atomic E-state index is -0.293. The summed E-state index contributed by atoms with van der Waals surface area (Å²) in [5, 5.41) is 2.75. The second-order valence-electron chi connectivity index (χ2n) is 6.01. The number of ether oxygens (including phenoxy) is 2. The highest BCUT2D eigenvalue weighted by molar-refractivity contribution is 5.98. The number of hydrogen-bond acceptors (Lipinski definition) is 4. The standard InChI is InChI=1S/C20H20FNO4/c21-16-3-1-2-14(12-16)8-9-22-20(24)7-5-17(23)15-4-6-18-19(13-15)26-11-10-25-18/h1-4,6,12-13H,5,7-11H2,(H,22,24). The van der Waals surface area contributed by atoms with E-state index >= 15 is 0 Å². The topological polar surface area (TPSA) is 64.6 Å². The molecule has 1 N–H and O–H groups in total. The molecule has 0 spiro atoms. The van der Waals surface area contributed by atoms with Crippen LogP contribution in [-0.4, -0.2) is 31.4 Å². The molecule has 0 aliphatic carbocycles. The van der Waals surface area contributed by atoms with E-state index in [0.29, 0.717) is 43.2 Å². The molecule has 0 saturated carbocycles. The molecule has 1 amide bonds. The molecule has 0 saturated heterocycles. The number of rotatable bonds is 7. The zero-order valence-electron chi connectivity index (χ0n) is 14.3. The lowest BCUT2D eigenvalue weighted by Gasteiger charge is -2.18. The third kappa shape index (κ3) is 4.81. The molecule has 1 aliphatic heterocycles. The van der Waals surface area contributed by atoms with Crippen LogP contribution >= 0.6 is 0 Å². The van der Waals surface area contributed by atoms with Crippen LogP contribution in [0.5, 0.6) is 11.5 Å². The third-order valence-electron chi connectivity index (χ3n) is 4.07. The van der Waals surface area contributed by atoms with Crippen LogP contribution in [0.25, 0.3) is 0 Å². The number of ketones is 1. The minimum absolute atomic E-state index is 0.108. The van der Waals surface area contributed by atoms with Crippen LogP contribution in [0.1, 0.15) is 28.8 Å². The maximum atomic E-state index is 13.1. The summed E-state index contributed by atoms with van der Waals surface area (Å²) in [6.07, 6.45) is 0.765. The Labute approximate surface area is 151 Å². The van der Waals surface area contributed by atoms with Gasteiger partial charge in [-0.1, -0.05) is 12.1 Å². The maximum Gasteiger partial charge on any atom is 0.220 e. The summed E-state index contributed by atoms with van der Waals surface area (Å²) >= 11 is 0. The summed E-state index contributed by atoms with van der Waals surface area (Å²) in [5.74, 6) is 0.568. The van der Waals surface area contributed by atoms with Gasteiger partial charge in [0.25, 0.3) is 0 Å². The van der Waals surface area contributed by atoms with Crippen molar-refractivity contribution in [1.29, 1.82) is 0 Å². The Kier molecular flexibility index (Phi) is 5.84. The van der Waals surface area contributed by atoms with Crippen molar-refractivity contribution in [3.05, 3.63) is 59.4 Å². The number of halogens is 1. The van der Waals surface area contributed by atoms with Crippen molar-refractivity contribution in [2.75, 3.05) is 19.8 Å². The highest BCUT2D eigenvalue weighted by atomic mass is 19.1. The van der Waals surface area contributed by atoms with Crippen LogP contribution in [0, 0.1) is 5.82 Å². The van der Waals surface area contributed by atoms with Gasteiger partial charge >= 0.3 is 0 Å². The van der Waals surface area contributed by atoms with Crippen LogP contribution in [-0.2, 0) is 11.2 Å². The zero-order valence-corrected chi connectivity index (χ0v) is 14.3. The molecule has 2 aromatic carbocycles. The van der Waals surface area contributed by atoms with Gasteiger partial charge in [0.2, 0.25) is 5.91 Å². The van der Waals surface area contributed by atoms with Crippen molar-refractivity contribution in [3.63, 3.8) is 0 Å². The average molecular weight is 357 g/mol. The number of amides is 1. The molecular formula is C20H20FNO4. The number of benzene rings is 2. The first-order valence-corrected chi connectivity index (χ1v) is 8.56. The number of carbonyl (C=O) groups is 2. The van der Waals surface area contributed by atoms with Crippen molar-refractivity contribution in [2.45, 2.75) is 19.3 Å². The van der Waals surface area contributed by atoms with E-state index in [2.05, 4.69) is 5.32 Å². The number of fused-ring (bicyclic) bond motifs is 1. The fraction of sp³-hybridized carbons (Fsp3) is 0.300. The molecule has 2 aromatic rings. The number of hydrogen-bond donors (Lipinski definition) is 1. The summed E-state index contributed by atoms with van der Waals surface area (Å²) in [7, 11) is 0. The Morgan fingerprint density at radius 1 is 1.00 bits per heavy atom. The van der Waals surface area contributed by atoms with Gasteiger partial charge in [0.15, 0.2) is 17.3 Å². The Morgan fingerprint density at radius 2 is 1.81 bits per heavy atom. The van der Waals surface area contributed by atoms with Crippen LogP contribution in [0.4, 0.5) is 4.39 Å². The van der Waals surface area contributed by atoms with Crippen LogP contribution in [0.2, 0.25) is 0 Å². The van der Waals surface area contributed by atoms with Gasteiger partial charge in [-0.25, -0.2) is 4.39 Å². The minimum Gasteiger partial charge on any atom is -0.486 e. The quantitative estimate of drug-likeness (QED) is 0.774. The van der Waals surface area contributed by atoms with Gasteiger partial charge in [-0.3, -0.25) is 9.59 Å². The highest BCUT2D eigenvalue weighted by Crippen LogP contribution is 2.31. The maximum absolute atomic E-state index is 13.1. The first-order valence-electron chi connectivity index (χ1n) is 8.56. The molecule has 0 aromatic heterocycles. The summed E-state index contributed by atoms with van der Waals surface area (Å²) in [6, 6.07) is 11.3. The number of carbonyl (C=O) groups excluding carboxylic acids is 2. The highest BCUT2D eigenvalue weighted by Gasteiger charge is 2.15. The molecular weight excluding hydrogens is 337 g/mol. The summed E-state index contributed by atoms with van der Waals surface area (Å²) in [5.41, 5.74) is 1.32. The second kappa shape index (κ2) is 8.47. The van der Waals surface area contributed by atoms with Gasteiger partial charge in [-0.2, -0.15) is 0 Å². The zero-order chi connectivity index (χ0) is 18.4. The van der Waals surface area contributed by atoms with Crippen molar-refractivity contribution in [3.8, 4) is 11.5 Å². The molecule has 0 fully saturated rings. The van der Waals surface area contributed by atoms with Crippen LogP contribution < -0.4 is 14.8 Å². The Bertz CT molecular complexity index is 806. The van der Waals surface area contributed by atoms with Crippen molar-refractivity contribution >= 4 is 11.7 Å². The lowest BCUT2D eigenvalue weighted by atomic mass is 10.1. The van der Waals surface area contributed by atoms with E-state index in [0.717, 1.165) is 5.56 Å². The van der Waals surface area contributed by atoms with Gasteiger partial charge in [0.1, 0.15) is 19.0 Å². The Balaban J connectivity index is 1.43. The van der Waals surface area contributed by atoms with Gasteiger partial charge in [0.05, 0.1) is 0 Å². The van der Waals surface area contributed by atoms with E-state index in [4.69, 9.17) is 9.47 Å². The second-order valence-corrected chi connectivity index (χ2v) is 6.01. The number of Topliss-reactive ketones (excluding diaryl/α,β-unsaturated/α-hetero) is 1. The van der Waals surface area contributed by atoms with Crippen molar-refractivity contribution in [2.24, 2.45) is 0 Å². The van der Waals surface area contributed by atoms with Crippen LogP contribution in [0.3, 0.4) is 0 Å². The third-order valence-corrected chi connectivity index (χ3v) is 4.07. The SMILES string of the molecule is O=C(CCC(=O)c1ccc2c(c1)OCCO2)NCCc1cccc(F)c1. The predicted octanol–water partition coefficient (Wildman–Crippen LogP) is 2.92. The molecule has 1 heterocycles. The van der Waals surface area contributed by atoms with Gasteiger partial charge in [-0.05, 0) is 42.3 Å². The Morgan fingerprint density at radius 3 is 2.62 bits per heavy atom.